The zero-order valence-corrected chi connectivity index (χ0v) is 19.7. The summed E-state index contributed by atoms with van der Waals surface area (Å²) in [6, 6.07) is 11.2. The van der Waals surface area contributed by atoms with Gasteiger partial charge in [0.25, 0.3) is 0 Å². The molecular formula is C25H29N5O2S. The lowest BCUT2D eigenvalue weighted by atomic mass is 9.97. The number of pyridine rings is 1. The lowest BCUT2D eigenvalue weighted by Gasteiger charge is -2.31. The number of unbranched alkanes of at least 4 members (excludes halogenated alkanes) is 1. The van der Waals surface area contributed by atoms with E-state index in [1.54, 1.807) is 28.5 Å². The molecule has 33 heavy (non-hydrogen) atoms. The van der Waals surface area contributed by atoms with Crippen molar-refractivity contribution in [3.05, 3.63) is 53.2 Å². The van der Waals surface area contributed by atoms with Gasteiger partial charge in [-0.15, -0.1) is 16.4 Å². The molecule has 1 fully saturated rings. The van der Waals surface area contributed by atoms with E-state index in [4.69, 9.17) is 15.6 Å². The molecule has 1 aromatic carbocycles. The predicted octanol–water partition coefficient (Wildman–Crippen LogP) is 5.05. The molecule has 1 aliphatic heterocycles. The number of anilines is 1. The van der Waals surface area contributed by atoms with Crippen LogP contribution >= 0.6 is 11.3 Å². The number of nitrogens with two attached hydrogens (primary N) is 1. The molecule has 1 aliphatic rings. The van der Waals surface area contributed by atoms with Crippen molar-refractivity contribution in [1.29, 1.82) is 0 Å². The number of hydroxylamine groups is 2. The number of fused-ring (bicyclic) bond motifs is 3. The van der Waals surface area contributed by atoms with Crippen molar-refractivity contribution in [2.45, 2.75) is 45.6 Å². The van der Waals surface area contributed by atoms with E-state index in [-0.39, 0.29) is 5.97 Å². The normalized spacial score (nSPS) is 15.4. The molecule has 0 aliphatic carbocycles. The van der Waals surface area contributed by atoms with Gasteiger partial charge in [0, 0.05) is 26.1 Å². The van der Waals surface area contributed by atoms with Crippen molar-refractivity contribution in [2.75, 3.05) is 18.8 Å². The summed E-state index contributed by atoms with van der Waals surface area (Å²) in [4.78, 5) is 27.5. The Morgan fingerprint density at radius 3 is 2.73 bits per heavy atom. The largest absolute Gasteiger partial charge is 0.382 e. The van der Waals surface area contributed by atoms with Crippen molar-refractivity contribution < 1.29 is 9.63 Å². The molecule has 0 bridgehead atoms. The van der Waals surface area contributed by atoms with E-state index >= 15 is 0 Å². The highest BCUT2D eigenvalue weighted by Crippen LogP contribution is 2.34. The molecule has 3 aromatic heterocycles. The number of hydrogen-bond acceptors (Lipinski definition) is 7. The number of carbonyl (C=O) groups excluding carboxylic acids is 1. The fourth-order valence-corrected chi connectivity index (χ4v) is 5.45. The van der Waals surface area contributed by atoms with Crippen molar-refractivity contribution >= 4 is 44.4 Å². The summed E-state index contributed by atoms with van der Waals surface area (Å²) in [6.07, 6.45) is 5.08. The van der Waals surface area contributed by atoms with Crippen LogP contribution in [0.2, 0.25) is 0 Å². The Morgan fingerprint density at radius 2 is 1.97 bits per heavy atom. The third kappa shape index (κ3) is 4.45. The zero-order chi connectivity index (χ0) is 22.8. The molecule has 0 amide bonds. The third-order valence-electron chi connectivity index (χ3n) is 6.38. The first-order valence-electron chi connectivity index (χ1n) is 11.7. The summed E-state index contributed by atoms with van der Waals surface area (Å²) in [5.74, 6) is 1.80. The Hall–Kier alpha value is -2.97. The Kier molecular flexibility index (Phi) is 6.28. The maximum Gasteiger partial charge on any atom is 0.357 e. The van der Waals surface area contributed by atoms with Crippen LogP contribution in [0.25, 0.3) is 21.3 Å². The summed E-state index contributed by atoms with van der Waals surface area (Å²) < 4.78 is 3.54. The van der Waals surface area contributed by atoms with Crippen LogP contribution in [-0.2, 0) is 17.8 Å². The average molecular weight is 464 g/mol. The molecule has 0 radical (unpaired) electrons. The molecule has 0 unspecified atom stereocenters. The maximum absolute atomic E-state index is 12.4. The first kappa shape index (κ1) is 21.9. The van der Waals surface area contributed by atoms with Gasteiger partial charge in [0.05, 0.1) is 21.3 Å². The smallest absolute Gasteiger partial charge is 0.357 e. The van der Waals surface area contributed by atoms with Gasteiger partial charge in [-0.3, -0.25) is 0 Å². The van der Waals surface area contributed by atoms with E-state index in [0.29, 0.717) is 17.3 Å². The minimum absolute atomic E-state index is 0.292. The van der Waals surface area contributed by atoms with Crippen LogP contribution in [0, 0.1) is 5.92 Å². The fourth-order valence-electron chi connectivity index (χ4n) is 4.57. The van der Waals surface area contributed by atoms with Gasteiger partial charge in [0.15, 0.2) is 5.82 Å². The molecule has 2 N–H and O–H groups in total. The number of imidazole rings is 1. The van der Waals surface area contributed by atoms with Crippen molar-refractivity contribution in [3.63, 3.8) is 0 Å². The molecule has 1 saturated heterocycles. The summed E-state index contributed by atoms with van der Waals surface area (Å²) in [5.41, 5.74) is 9.77. The van der Waals surface area contributed by atoms with Gasteiger partial charge >= 0.3 is 5.97 Å². The minimum Gasteiger partial charge on any atom is -0.382 e. The number of benzene rings is 1. The number of nitrogens with zero attached hydrogens (tertiary/aromatic N) is 4. The second kappa shape index (κ2) is 9.49. The Morgan fingerprint density at radius 1 is 1.18 bits per heavy atom. The Labute approximate surface area is 197 Å². The average Bonchev–Trinajstić information content (AvgIpc) is 3.44. The summed E-state index contributed by atoms with van der Waals surface area (Å²) >= 11 is 1.70. The van der Waals surface area contributed by atoms with Crippen LogP contribution in [-0.4, -0.2) is 38.7 Å². The molecule has 7 nitrogen and oxygen atoms in total. The molecule has 0 spiro atoms. The zero-order valence-electron chi connectivity index (χ0n) is 18.9. The highest BCUT2D eigenvalue weighted by atomic mass is 32.1. The number of piperidine rings is 1. The monoisotopic (exact) mass is 463 g/mol. The third-order valence-corrected chi connectivity index (χ3v) is 7.29. The van der Waals surface area contributed by atoms with Crippen LogP contribution in [0.4, 0.5) is 5.82 Å². The quantitative estimate of drug-likeness (QED) is 0.412. The van der Waals surface area contributed by atoms with Crippen molar-refractivity contribution in [3.8, 4) is 0 Å². The standard InChI is InChI=1S/C25H29N5O2S/c1-2-3-9-20-28-21-22(23-19(12-15-33-23)27-24(21)26)30(20)16-17-10-13-29(14-11-17)32-25(31)18-7-5-4-6-8-18/h4-8,12,15,17H,2-3,9-11,13-14,16H2,1H3,(H2,26,27). The molecule has 5 rings (SSSR count). The second-order valence-corrected chi connectivity index (χ2v) is 9.60. The van der Waals surface area contributed by atoms with Crippen LogP contribution in [0.1, 0.15) is 48.8 Å². The highest BCUT2D eigenvalue weighted by molar-refractivity contribution is 7.18. The van der Waals surface area contributed by atoms with E-state index in [1.165, 1.54) is 0 Å². The van der Waals surface area contributed by atoms with Crippen LogP contribution in [0.5, 0.6) is 0 Å². The van der Waals surface area contributed by atoms with Gasteiger partial charge in [0.2, 0.25) is 0 Å². The molecule has 4 aromatic rings. The number of aryl methyl sites for hydroxylation is 1. The molecule has 8 heteroatoms. The van der Waals surface area contributed by atoms with Crippen LogP contribution in [0.3, 0.4) is 0 Å². The van der Waals surface area contributed by atoms with E-state index in [1.807, 2.05) is 24.3 Å². The SMILES string of the molecule is CCCCc1nc2c(N)nc3ccsc3c2n1CC1CCN(OC(=O)c2ccccc2)CC1. The molecule has 0 saturated carbocycles. The Balaban J connectivity index is 1.33. The first-order chi connectivity index (χ1) is 16.1. The summed E-state index contributed by atoms with van der Waals surface area (Å²) in [6.45, 7) is 4.57. The number of aromatic nitrogens is 3. The number of thiophene rings is 1. The van der Waals surface area contributed by atoms with Crippen LogP contribution < -0.4 is 5.73 Å². The van der Waals surface area contributed by atoms with Crippen LogP contribution in [0.15, 0.2) is 41.8 Å². The van der Waals surface area contributed by atoms with Crippen molar-refractivity contribution in [1.82, 2.24) is 19.6 Å². The fraction of sp³-hybridized carbons (Fsp3) is 0.400. The van der Waals surface area contributed by atoms with E-state index in [9.17, 15) is 4.79 Å². The van der Waals surface area contributed by atoms with Gasteiger partial charge in [0.1, 0.15) is 11.3 Å². The van der Waals surface area contributed by atoms with Gasteiger partial charge in [-0.1, -0.05) is 31.5 Å². The van der Waals surface area contributed by atoms with Gasteiger partial charge < -0.3 is 15.1 Å². The van der Waals surface area contributed by atoms with Gasteiger partial charge in [-0.05, 0) is 48.8 Å². The number of nitrogen functional groups attached to an aromatic ring is 1. The molecular weight excluding hydrogens is 434 g/mol. The number of carbonyl (C=O) groups is 1. The molecule has 172 valence electrons. The maximum atomic E-state index is 12.4. The number of hydrogen-bond donors (Lipinski definition) is 1. The van der Waals surface area contributed by atoms with Gasteiger partial charge in [-0.25, -0.2) is 14.8 Å². The first-order valence-corrected chi connectivity index (χ1v) is 12.6. The summed E-state index contributed by atoms with van der Waals surface area (Å²) in [7, 11) is 0. The minimum atomic E-state index is -0.292. The van der Waals surface area contributed by atoms with Gasteiger partial charge in [-0.2, -0.15) is 0 Å². The molecule has 0 atom stereocenters. The topological polar surface area (TPSA) is 86.3 Å². The molecule has 4 heterocycles. The highest BCUT2D eigenvalue weighted by Gasteiger charge is 2.25. The predicted molar refractivity (Wildman–Crippen MR) is 132 cm³/mol. The van der Waals surface area contributed by atoms with Crippen molar-refractivity contribution in [2.24, 2.45) is 5.92 Å². The second-order valence-electron chi connectivity index (χ2n) is 8.69. The summed E-state index contributed by atoms with van der Waals surface area (Å²) in [5, 5.41) is 3.87. The van der Waals surface area contributed by atoms with E-state index in [2.05, 4.69) is 21.9 Å². The van der Waals surface area contributed by atoms with E-state index < -0.39 is 0 Å². The lowest BCUT2D eigenvalue weighted by Crippen LogP contribution is -2.36. The van der Waals surface area contributed by atoms with E-state index in [0.717, 1.165) is 78.8 Å². The lowest BCUT2D eigenvalue weighted by molar-refractivity contribution is -0.126. The Bertz CT molecular complexity index is 1260. The number of rotatable bonds is 7.